The molecule has 146 valence electrons. The molecule has 3 aromatic rings. The van der Waals surface area contributed by atoms with Crippen molar-refractivity contribution >= 4 is 17.1 Å². The van der Waals surface area contributed by atoms with Crippen LogP contribution in [0.3, 0.4) is 0 Å². The predicted octanol–water partition coefficient (Wildman–Crippen LogP) is 2.39. The van der Waals surface area contributed by atoms with Gasteiger partial charge in [-0.25, -0.2) is 9.97 Å². The van der Waals surface area contributed by atoms with Crippen LogP contribution in [0.2, 0.25) is 0 Å². The fraction of sp³-hybridized carbons (Fsp3) is 0.381. The maximum atomic E-state index is 12.3. The third kappa shape index (κ3) is 4.14. The Hall–Kier alpha value is -2.93. The number of carbonyl (C=O) groups is 1. The summed E-state index contributed by atoms with van der Waals surface area (Å²) in [6, 6.07) is 12.0. The molecule has 1 aromatic carbocycles. The highest BCUT2D eigenvalue weighted by molar-refractivity contribution is 5.78. The average Bonchev–Trinajstić information content (AvgIpc) is 3.17. The topological polar surface area (TPSA) is 72.3 Å². The van der Waals surface area contributed by atoms with Gasteiger partial charge in [-0.15, -0.1) is 0 Å². The number of pyridine rings is 1. The van der Waals surface area contributed by atoms with Gasteiger partial charge in [0.2, 0.25) is 5.91 Å². The summed E-state index contributed by atoms with van der Waals surface area (Å²) in [6.07, 6.45) is 5.68. The highest BCUT2D eigenvalue weighted by atomic mass is 16.5. The summed E-state index contributed by atoms with van der Waals surface area (Å²) in [5.74, 6) is 0.853. The number of ether oxygens (including phenoxy) is 1. The van der Waals surface area contributed by atoms with Crippen LogP contribution in [0.4, 0.5) is 0 Å². The lowest BCUT2D eigenvalue weighted by Gasteiger charge is -2.32. The third-order valence-electron chi connectivity index (χ3n) is 5.27. The predicted molar refractivity (Wildman–Crippen MR) is 107 cm³/mol. The first-order valence-corrected chi connectivity index (χ1v) is 9.62. The number of hydrogen-bond acceptors (Lipinski definition) is 5. The van der Waals surface area contributed by atoms with Crippen molar-refractivity contribution in [2.45, 2.75) is 25.4 Å². The van der Waals surface area contributed by atoms with Gasteiger partial charge >= 0.3 is 0 Å². The number of benzene rings is 1. The van der Waals surface area contributed by atoms with E-state index in [0.717, 1.165) is 48.4 Å². The van der Waals surface area contributed by atoms with Gasteiger partial charge in [0.15, 0.2) is 5.65 Å². The van der Waals surface area contributed by atoms with Crippen LogP contribution in [0.1, 0.15) is 24.4 Å². The molecule has 3 heterocycles. The van der Waals surface area contributed by atoms with E-state index in [4.69, 9.17) is 4.74 Å². The number of nitrogens with one attached hydrogen (secondary N) is 1. The molecular weight excluding hydrogens is 354 g/mol. The van der Waals surface area contributed by atoms with Crippen LogP contribution in [0.25, 0.3) is 11.2 Å². The molecule has 1 amide bonds. The van der Waals surface area contributed by atoms with Crippen molar-refractivity contribution in [3.05, 3.63) is 54.5 Å². The Kier molecular flexibility index (Phi) is 5.53. The molecule has 7 heteroatoms. The Morgan fingerprint density at radius 3 is 2.89 bits per heavy atom. The van der Waals surface area contributed by atoms with E-state index in [0.29, 0.717) is 19.1 Å². The fourth-order valence-corrected chi connectivity index (χ4v) is 3.73. The summed E-state index contributed by atoms with van der Waals surface area (Å²) in [4.78, 5) is 23.4. The van der Waals surface area contributed by atoms with Gasteiger partial charge in [0, 0.05) is 31.9 Å². The van der Waals surface area contributed by atoms with Crippen molar-refractivity contribution in [3.63, 3.8) is 0 Å². The van der Waals surface area contributed by atoms with Gasteiger partial charge < -0.3 is 14.6 Å². The maximum Gasteiger partial charge on any atom is 0.234 e. The number of nitrogens with zero attached hydrogens (tertiary/aromatic N) is 4. The second-order valence-corrected chi connectivity index (χ2v) is 7.13. The second-order valence-electron chi connectivity index (χ2n) is 7.13. The van der Waals surface area contributed by atoms with E-state index in [1.54, 1.807) is 7.11 Å². The first-order valence-electron chi connectivity index (χ1n) is 9.62. The smallest absolute Gasteiger partial charge is 0.234 e. The van der Waals surface area contributed by atoms with Crippen LogP contribution >= 0.6 is 0 Å². The van der Waals surface area contributed by atoms with Crippen LogP contribution < -0.4 is 10.1 Å². The quantitative estimate of drug-likeness (QED) is 0.712. The number of rotatable bonds is 6. The van der Waals surface area contributed by atoms with Crippen molar-refractivity contribution in [1.82, 2.24) is 24.8 Å². The van der Waals surface area contributed by atoms with Crippen LogP contribution in [-0.2, 0) is 11.3 Å². The number of likely N-dealkylation sites (tertiary alicyclic amines) is 1. The summed E-state index contributed by atoms with van der Waals surface area (Å²) in [5.41, 5.74) is 2.91. The minimum Gasteiger partial charge on any atom is -0.497 e. The molecular formula is C21H25N5O2. The largest absolute Gasteiger partial charge is 0.497 e. The molecule has 1 fully saturated rings. The molecule has 1 aliphatic rings. The molecule has 2 aromatic heterocycles. The Bertz CT molecular complexity index is 947. The first kappa shape index (κ1) is 18.4. The Balaban J connectivity index is 1.26. The molecule has 0 radical (unpaired) electrons. The number of carbonyl (C=O) groups excluding carboxylic acids is 1. The number of imidazole rings is 1. The standard InChI is InChI=1S/C21H25N5O2/c1-28-18-5-2-4-16(12-18)13-23-20(27)14-25-10-7-17(8-11-25)26-15-24-19-6-3-9-22-21(19)26/h2-6,9,12,15,17H,7-8,10-11,13-14H2,1H3,(H,23,27). The van der Waals surface area contributed by atoms with Crippen LogP contribution in [-0.4, -0.2) is 52.1 Å². The summed E-state index contributed by atoms with van der Waals surface area (Å²) in [7, 11) is 1.64. The minimum absolute atomic E-state index is 0.0519. The molecule has 1 aliphatic heterocycles. The molecule has 0 spiro atoms. The average molecular weight is 379 g/mol. The summed E-state index contributed by atoms with van der Waals surface area (Å²) < 4.78 is 7.39. The van der Waals surface area contributed by atoms with Gasteiger partial charge in [0.05, 0.1) is 20.0 Å². The van der Waals surface area contributed by atoms with Crippen LogP contribution in [0.15, 0.2) is 48.9 Å². The Morgan fingerprint density at radius 1 is 1.21 bits per heavy atom. The zero-order chi connectivity index (χ0) is 19.3. The molecule has 0 unspecified atom stereocenters. The van der Waals surface area contributed by atoms with E-state index in [1.165, 1.54) is 0 Å². The molecule has 1 saturated heterocycles. The molecule has 28 heavy (non-hydrogen) atoms. The van der Waals surface area contributed by atoms with Crippen LogP contribution in [0, 0.1) is 0 Å². The second kappa shape index (κ2) is 8.39. The van der Waals surface area contributed by atoms with Crippen molar-refractivity contribution in [3.8, 4) is 5.75 Å². The highest BCUT2D eigenvalue weighted by Gasteiger charge is 2.23. The number of methoxy groups -OCH3 is 1. The maximum absolute atomic E-state index is 12.3. The zero-order valence-electron chi connectivity index (χ0n) is 16.0. The third-order valence-corrected chi connectivity index (χ3v) is 5.27. The normalized spacial score (nSPS) is 15.6. The molecule has 0 aliphatic carbocycles. The monoisotopic (exact) mass is 379 g/mol. The number of fused-ring (bicyclic) bond motifs is 1. The van der Waals surface area contributed by atoms with Gasteiger partial charge in [-0.05, 0) is 42.7 Å². The van der Waals surface area contributed by atoms with Gasteiger partial charge in [-0.2, -0.15) is 0 Å². The van der Waals surface area contributed by atoms with Gasteiger partial charge in [0.25, 0.3) is 0 Å². The van der Waals surface area contributed by atoms with E-state index < -0.39 is 0 Å². The van der Waals surface area contributed by atoms with Crippen molar-refractivity contribution in [1.29, 1.82) is 0 Å². The van der Waals surface area contributed by atoms with E-state index in [1.807, 2.05) is 48.9 Å². The van der Waals surface area contributed by atoms with Gasteiger partial charge in [0.1, 0.15) is 11.3 Å². The van der Waals surface area contributed by atoms with Crippen molar-refractivity contribution < 1.29 is 9.53 Å². The first-order chi connectivity index (χ1) is 13.7. The van der Waals surface area contributed by atoms with E-state index in [9.17, 15) is 4.79 Å². The van der Waals surface area contributed by atoms with Gasteiger partial charge in [-0.1, -0.05) is 12.1 Å². The van der Waals surface area contributed by atoms with Crippen molar-refractivity contribution in [2.75, 3.05) is 26.7 Å². The molecule has 0 saturated carbocycles. The molecule has 1 N–H and O–H groups in total. The Morgan fingerprint density at radius 2 is 2.07 bits per heavy atom. The van der Waals surface area contributed by atoms with E-state index >= 15 is 0 Å². The zero-order valence-corrected chi connectivity index (χ0v) is 16.0. The molecule has 0 atom stereocenters. The molecule has 4 rings (SSSR count). The lowest BCUT2D eigenvalue weighted by Crippen LogP contribution is -2.41. The number of aromatic nitrogens is 3. The summed E-state index contributed by atoms with van der Waals surface area (Å²) in [6.45, 7) is 2.73. The van der Waals surface area contributed by atoms with Gasteiger partial charge in [-0.3, -0.25) is 9.69 Å². The lowest BCUT2D eigenvalue weighted by molar-refractivity contribution is -0.122. The fourth-order valence-electron chi connectivity index (χ4n) is 3.73. The number of piperidine rings is 1. The Labute approximate surface area is 164 Å². The SMILES string of the molecule is COc1cccc(CNC(=O)CN2CCC(n3cnc4cccnc43)CC2)c1. The van der Waals surface area contributed by atoms with E-state index in [-0.39, 0.29) is 5.91 Å². The molecule has 0 bridgehead atoms. The molecule has 7 nitrogen and oxygen atoms in total. The van der Waals surface area contributed by atoms with E-state index in [2.05, 4.69) is 24.8 Å². The summed E-state index contributed by atoms with van der Waals surface area (Å²) in [5, 5.41) is 3.00. The summed E-state index contributed by atoms with van der Waals surface area (Å²) >= 11 is 0. The lowest BCUT2D eigenvalue weighted by atomic mass is 10.0. The highest BCUT2D eigenvalue weighted by Crippen LogP contribution is 2.25. The minimum atomic E-state index is 0.0519. The number of amides is 1. The van der Waals surface area contributed by atoms with Crippen molar-refractivity contribution in [2.24, 2.45) is 0 Å². The van der Waals surface area contributed by atoms with Crippen LogP contribution in [0.5, 0.6) is 5.75 Å². The number of hydrogen-bond donors (Lipinski definition) is 1.